The molecule has 4 rings (SSSR count). The van der Waals surface area contributed by atoms with Gasteiger partial charge in [-0.3, -0.25) is 14.4 Å². The van der Waals surface area contributed by atoms with E-state index in [9.17, 15) is 14.4 Å². The van der Waals surface area contributed by atoms with Crippen LogP contribution in [0.3, 0.4) is 0 Å². The molecule has 2 amide bonds. The minimum atomic E-state index is -0.578. The van der Waals surface area contributed by atoms with Gasteiger partial charge in [-0.1, -0.05) is 0 Å². The minimum Gasteiger partial charge on any atom is -0.479 e. The molecule has 0 spiro atoms. The number of ether oxygens (including phenoxy) is 1. The van der Waals surface area contributed by atoms with Crippen LogP contribution in [0.5, 0.6) is 5.75 Å². The number of hydrogen-bond donors (Lipinski definition) is 2. The average molecular weight is 392 g/mol. The molecule has 2 aromatic heterocycles. The van der Waals surface area contributed by atoms with Crippen LogP contribution in [0.15, 0.2) is 41.3 Å². The van der Waals surface area contributed by atoms with Crippen LogP contribution in [0.1, 0.15) is 29.9 Å². The highest BCUT2D eigenvalue weighted by atomic mass is 16.5. The van der Waals surface area contributed by atoms with E-state index < -0.39 is 12.0 Å². The quantitative estimate of drug-likeness (QED) is 0.713. The van der Waals surface area contributed by atoms with E-state index in [-0.39, 0.29) is 16.9 Å². The number of aryl methyl sites for hydroxylation is 2. The SMILES string of the molecule is CCn1cc(C(=O)Nc2ccc3c(c2)NC(=O)C(C)O3)c(=O)c2ccc(C)nc21. The average Bonchev–Trinajstić information content (AvgIpc) is 2.69. The third-order valence-electron chi connectivity index (χ3n) is 4.81. The molecule has 3 heterocycles. The molecule has 1 unspecified atom stereocenters. The van der Waals surface area contributed by atoms with Gasteiger partial charge < -0.3 is 19.9 Å². The van der Waals surface area contributed by atoms with Crippen LogP contribution in [-0.2, 0) is 11.3 Å². The summed E-state index contributed by atoms with van der Waals surface area (Å²) in [5.41, 5.74) is 1.90. The maximum absolute atomic E-state index is 12.9. The Morgan fingerprint density at radius 3 is 2.83 bits per heavy atom. The van der Waals surface area contributed by atoms with Gasteiger partial charge in [0, 0.05) is 24.1 Å². The third kappa shape index (κ3) is 3.33. The maximum Gasteiger partial charge on any atom is 0.265 e. The van der Waals surface area contributed by atoms with Crippen LogP contribution in [-0.4, -0.2) is 27.5 Å². The summed E-state index contributed by atoms with van der Waals surface area (Å²) in [6, 6.07) is 8.36. The molecule has 1 atom stereocenters. The van der Waals surface area contributed by atoms with E-state index in [2.05, 4.69) is 15.6 Å². The monoisotopic (exact) mass is 392 g/mol. The second kappa shape index (κ2) is 7.05. The summed E-state index contributed by atoms with van der Waals surface area (Å²) in [6.45, 7) is 5.99. The van der Waals surface area contributed by atoms with Crippen LogP contribution in [0.25, 0.3) is 11.0 Å². The Balaban J connectivity index is 1.69. The van der Waals surface area contributed by atoms with Crippen molar-refractivity contribution in [3.05, 3.63) is 58.0 Å². The van der Waals surface area contributed by atoms with Crippen LogP contribution < -0.4 is 20.8 Å². The zero-order valence-corrected chi connectivity index (χ0v) is 16.3. The summed E-state index contributed by atoms with van der Waals surface area (Å²) in [7, 11) is 0. The van der Waals surface area contributed by atoms with Crippen molar-refractivity contribution < 1.29 is 14.3 Å². The van der Waals surface area contributed by atoms with Gasteiger partial charge in [0.1, 0.15) is 17.0 Å². The number of fused-ring (bicyclic) bond motifs is 2. The van der Waals surface area contributed by atoms with E-state index >= 15 is 0 Å². The summed E-state index contributed by atoms with van der Waals surface area (Å²) in [5, 5.41) is 5.85. The number of carbonyl (C=O) groups is 2. The number of carbonyl (C=O) groups excluding carboxylic acids is 2. The third-order valence-corrected chi connectivity index (χ3v) is 4.81. The number of aromatic nitrogens is 2. The van der Waals surface area contributed by atoms with Gasteiger partial charge in [-0.15, -0.1) is 0 Å². The van der Waals surface area contributed by atoms with Gasteiger partial charge in [0.25, 0.3) is 11.8 Å². The molecule has 0 saturated carbocycles. The fourth-order valence-corrected chi connectivity index (χ4v) is 3.25. The molecule has 8 heteroatoms. The van der Waals surface area contributed by atoms with Gasteiger partial charge >= 0.3 is 0 Å². The fourth-order valence-electron chi connectivity index (χ4n) is 3.25. The first-order valence-electron chi connectivity index (χ1n) is 9.31. The number of hydrogen-bond acceptors (Lipinski definition) is 5. The van der Waals surface area contributed by atoms with E-state index in [1.807, 2.05) is 13.8 Å². The van der Waals surface area contributed by atoms with E-state index in [0.717, 1.165) is 5.69 Å². The topological polar surface area (TPSA) is 102 Å². The highest BCUT2D eigenvalue weighted by molar-refractivity contribution is 6.06. The Bertz CT molecular complexity index is 1220. The maximum atomic E-state index is 12.9. The summed E-state index contributed by atoms with van der Waals surface area (Å²) < 4.78 is 7.29. The number of anilines is 2. The summed E-state index contributed by atoms with van der Waals surface area (Å²) >= 11 is 0. The zero-order valence-electron chi connectivity index (χ0n) is 16.3. The lowest BCUT2D eigenvalue weighted by Gasteiger charge is -2.23. The molecular weight excluding hydrogens is 372 g/mol. The van der Waals surface area contributed by atoms with E-state index in [1.54, 1.807) is 41.8 Å². The van der Waals surface area contributed by atoms with Crippen molar-refractivity contribution in [3.63, 3.8) is 0 Å². The predicted octanol–water partition coefficient (Wildman–Crippen LogP) is 2.70. The first-order valence-corrected chi connectivity index (χ1v) is 9.31. The van der Waals surface area contributed by atoms with Crippen molar-refractivity contribution in [3.8, 4) is 5.75 Å². The molecular formula is C21H20N4O4. The summed E-state index contributed by atoms with van der Waals surface area (Å²) in [5.74, 6) is -0.268. The predicted molar refractivity (Wildman–Crippen MR) is 110 cm³/mol. The highest BCUT2D eigenvalue weighted by Crippen LogP contribution is 2.32. The molecule has 3 aromatic rings. The zero-order chi connectivity index (χ0) is 20.7. The lowest BCUT2D eigenvalue weighted by molar-refractivity contribution is -0.122. The first kappa shape index (κ1) is 18.7. The Hall–Kier alpha value is -3.68. The largest absolute Gasteiger partial charge is 0.479 e. The summed E-state index contributed by atoms with van der Waals surface area (Å²) in [4.78, 5) is 41.9. The Kier molecular flexibility index (Phi) is 4.54. The molecule has 148 valence electrons. The molecule has 0 fully saturated rings. The molecule has 1 aromatic carbocycles. The van der Waals surface area contributed by atoms with Crippen molar-refractivity contribution in [2.75, 3.05) is 10.6 Å². The number of pyridine rings is 2. The van der Waals surface area contributed by atoms with Gasteiger partial charge in [-0.2, -0.15) is 0 Å². The minimum absolute atomic E-state index is 0.0247. The molecule has 0 bridgehead atoms. The van der Waals surface area contributed by atoms with Crippen LogP contribution in [0.4, 0.5) is 11.4 Å². The van der Waals surface area contributed by atoms with Crippen molar-refractivity contribution in [2.24, 2.45) is 0 Å². The standard InChI is InChI=1S/C21H20N4O4/c1-4-25-10-15(18(26)14-7-5-11(2)22-19(14)25)21(28)23-13-6-8-17-16(9-13)24-20(27)12(3)29-17/h5-10,12H,4H2,1-3H3,(H,23,28)(H,24,27). The molecule has 29 heavy (non-hydrogen) atoms. The van der Waals surface area contributed by atoms with Crippen molar-refractivity contribution in [1.82, 2.24) is 9.55 Å². The molecule has 0 aliphatic carbocycles. The van der Waals surface area contributed by atoms with Crippen LogP contribution in [0.2, 0.25) is 0 Å². The number of nitrogens with zero attached hydrogens (tertiary/aromatic N) is 2. The molecule has 0 radical (unpaired) electrons. The Morgan fingerprint density at radius 1 is 1.28 bits per heavy atom. The summed E-state index contributed by atoms with van der Waals surface area (Å²) in [6.07, 6.45) is 0.947. The fraction of sp³-hybridized carbons (Fsp3) is 0.238. The molecule has 2 N–H and O–H groups in total. The number of nitrogens with one attached hydrogen (secondary N) is 2. The van der Waals surface area contributed by atoms with Gasteiger partial charge in [-0.25, -0.2) is 4.98 Å². The van der Waals surface area contributed by atoms with Gasteiger partial charge in [-0.05, 0) is 51.1 Å². The number of rotatable bonds is 3. The Labute approximate surface area is 166 Å². The van der Waals surface area contributed by atoms with E-state index in [0.29, 0.717) is 34.7 Å². The van der Waals surface area contributed by atoms with Gasteiger partial charge in [0.2, 0.25) is 5.43 Å². The van der Waals surface area contributed by atoms with Gasteiger partial charge in [0.15, 0.2) is 6.10 Å². The smallest absolute Gasteiger partial charge is 0.265 e. The first-order chi connectivity index (χ1) is 13.9. The van der Waals surface area contributed by atoms with E-state index in [4.69, 9.17) is 4.74 Å². The second-order valence-corrected chi connectivity index (χ2v) is 6.90. The van der Waals surface area contributed by atoms with Crippen molar-refractivity contribution in [1.29, 1.82) is 0 Å². The van der Waals surface area contributed by atoms with Gasteiger partial charge in [0.05, 0.1) is 11.1 Å². The van der Waals surface area contributed by atoms with E-state index in [1.165, 1.54) is 6.20 Å². The molecule has 8 nitrogen and oxygen atoms in total. The highest BCUT2D eigenvalue weighted by Gasteiger charge is 2.24. The molecule has 1 aliphatic heterocycles. The Morgan fingerprint density at radius 2 is 2.07 bits per heavy atom. The number of benzene rings is 1. The van der Waals surface area contributed by atoms with Crippen LogP contribution in [0, 0.1) is 6.92 Å². The second-order valence-electron chi connectivity index (χ2n) is 6.90. The number of amides is 2. The van der Waals surface area contributed by atoms with Crippen LogP contribution >= 0.6 is 0 Å². The lowest BCUT2D eigenvalue weighted by Crippen LogP contribution is -2.34. The molecule has 1 aliphatic rings. The normalized spacial score (nSPS) is 15.4. The van der Waals surface area contributed by atoms with Crippen molar-refractivity contribution in [2.45, 2.75) is 33.4 Å². The lowest BCUT2D eigenvalue weighted by atomic mass is 10.1. The van der Waals surface area contributed by atoms with Crippen molar-refractivity contribution >= 4 is 34.2 Å². The molecule has 0 saturated heterocycles.